The molecule has 0 unspecified atom stereocenters. The lowest BCUT2D eigenvalue weighted by atomic mass is 10.4. The van der Waals surface area contributed by atoms with Crippen molar-refractivity contribution in [2.45, 2.75) is 19.6 Å². The molecule has 0 aliphatic carbocycles. The Kier molecular flexibility index (Phi) is 3.33. The average Bonchev–Trinajstić information content (AvgIpc) is 2.48. The first-order chi connectivity index (χ1) is 6.80. The first kappa shape index (κ1) is 12.0. The fraction of sp³-hybridized carbons (Fsp3) is 0.500. The zero-order valence-corrected chi connectivity index (χ0v) is 8.95. The van der Waals surface area contributed by atoms with Gasteiger partial charge in [-0.25, -0.2) is 4.98 Å². The van der Waals surface area contributed by atoms with Crippen LogP contribution in [0.4, 0.5) is 13.2 Å². The standard InChI is InChI=1S/C8H9F3N2OS/c1-5-12-6(4-15-5)3-13(2)7(14)8(9,10)11/h4H,3H2,1-2H3. The molecule has 0 aliphatic rings. The van der Waals surface area contributed by atoms with Crippen LogP contribution in [-0.2, 0) is 11.3 Å². The summed E-state index contributed by atoms with van der Waals surface area (Å²) in [7, 11) is 1.10. The van der Waals surface area contributed by atoms with E-state index in [2.05, 4.69) is 4.98 Å². The lowest BCUT2D eigenvalue weighted by molar-refractivity contribution is -0.184. The van der Waals surface area contributed by atoms with Crippen LogP contribution < -0.4 is 0 Å². The number of amides is 1. The minimum Gasteiger partial charge on any atom is -0.332 e. The third-order valence-corrected chi connectivity index (χ3v) is 2.48. The van der Waals surface area contributed by atoms with Crippen molar-refractivity contribution < 1.29 is 18.0 Å². The predicted octanol–water partition coefficient (Wildman–Crippen LogP) is 1.97. The van der Waals surface area contributed by atoms with Crippen LogP contribution in [0, 0.1) is 6.92 Å². The van der Waals surface area contributed by atoms with E-state index in [1.807, 2.05) is 0 Å². The zero-order valence-electron chi connectivity index (χ0n) is 8.13. The van der Waals surface area contributed by atoms with E-state index >= 15 is 0 Å². The third-order valence-electron chi connectivity index (χ3n) is 1.65. The van der Waals surface area contributed by atoms with E-state index in [0.717, 1.165) is 12.1 Å². The van der Waals surface area contributed by atoms with Crippen molar-refractivity contribution in [3.05, 3.63) is 16.1 Å². The van der Waals surface area contributed by atoms with Crippen LogP contribution in [0.1, 0.15) is 10.7 Å². The van der Waals surface area contributed by atoms with Gasteiger partial charge in [0.1, 0.15) is 0 Å². The van der Waals surface area contributed by atoms with E-state index in [1.165, 1.54) is 11.3 Å². The summed E-state index contributed by atoms with van der Waals surface area (Å²) < 4.78 is 36.0. The number of aromatic nitrogens is 1. The average molecular weight is 238 g/mol. The maximum absolute atomic E-state index is 12.0. The minimum atomic E-state index is -4.82. The number of carbonyl (C=O) groups is 1. The quantitative estimate of drug-likeness (QED) is 0.789. The molecule has 1 aromatic rings. The van der Waals surface area contributed by atoms with E-state index in [1.54, 1.807) is 12.3 Å². The van der Waals surface area contributed by atoms with E-state index in [4.69, 9.17) is 0 Å². The smallest absolute Gasteiger partial charge is 0.332 e. The summed E-state index contributed by atoms with van der Waals surface area (Å²) in [4.78, 5) is 15.3. The summed E-state index contributed by atoms with van der Waals surface area (Å²) in [5.74, 6) is -1.85. The number of aryl methyl sites for hydroxylation is 1. The van der Waals surface area contributed by atoms with Crippen molar-refractivity contribution in [2.75, 3.05) is 7.05 Å². The molecule has 7 heteroatoms. The number of thiazole rings is 1. The van der Waals surface area contributed by atoms with E-state index in [9.17, 15) is 18.0 Å². The summed E-state index contributed by atoms with van der Waals surface area (Å²) in [6, 6.07) is 0. The second kappa shape index (κ2) is 4.18. The van der Waals surface area contributed by atoms with Gasteiger partial charge in [0, 0.05) is 12.4 Å². The number of hydrogen-bond donors (Lipinski definition) is 0. The van der Waals surface area contributed by atoms with Crippen LogP contribution in [0.15, 0.2) is 5.38 Å². The van der Waals surface area contributed by atoms with Gasteiger partial charge in [0.2, 0.25) is 0 Å². The molecule has 1 amide bonds. The van der Waals surface area contributed by atoms with Crippen molar-refractivity contribution in [3.8, 4) is 0 Å². The summed E-state index contributed by atoms with van der Waals surface area (Å²) in [6.07, 6.45) is -4.82. The molecule has 1 rings (SSSR count). The maximum atomic E-state index is 12.0. The first-order valence-corrected chi connectivity index (χ1v) is 4.92. The first-order valence-electron chi connectivity index (χ1n) is 4.04. The van der Waals surface area contributed by atoms with Gasteiger partial charge in [0.15, 0.2) is 0 Å². The molecule has 0 aliphatic heterocycles. The van der Waals surface area contributed by atoms with Crippen LogP contribution >= 0.6 is 11.3 Å². The van der Waals surface area contributed by atoms with Crippen molar-refractivity contribution in [3.63, 3.8) is 0 Å². The van der Waals surface area contributed by atoms with Crippen molar-refractivity contribution >= 4 is 17.2 Å². The molecule has 0 bridgehead atoms. The van der Waals surface area contributed by atoms with Crippen LogP contribution in [-0.4, -0.2) is 29.0 Å². The number of alkyl halides is 3. The zero-order chi connectivity index (χ0) is 11.6. The molecule has 0 aromatic carbocycles. The molecule has 0 N–H and O–H groups in total. The molecule has 0 fully saturated rings. The highest BCUT2D eigenvalue weighted by molar-refractivity contribution is 7.09. The van der Waals surface area contributed by atoms with Crippen molar-refractivity contribution in [1.29, 1.82) is 0 Å². The van der Waals surface area contributed by atoms with Gasteiger partial charge in [-0.3, -0.25) is 4.79 Å². The molecule has 15 heavy (non-hydrogen) atoms. The fourth-order valence-corrected chi connectivity index (χ4v) is 1.62. The van der Waals surface area contributed by atoms with E-state index in [-0.39, 0.29) is 6.54 Å². The van der Waals surface area contributed by atoms with Crippen molar-refractivity contribution in [1.82, 2.24) is 9.88 Å². The van der Waals surface area contributed by atoms with Gasteiger partial charge < -0.3 is 4.90 Å². The van der Waals surface area contributed by atoms with Gasteiger partial charge in [-0.2, -0.15) is 13.2 Å². The van der Waals surface area contributed by atoms with Gasteiger partial charge >= 0.3 is 12.1 Å². The van der Waals surface area contributed by atoms with E-state index in [0.29, 0.717) is 10.6 Å². The molecule has 0 saturated carbocycles. The second-order valence-corrected chi connectivity index (χ2v) is 4.08. The second-order valence-electron chi connectivity index (χ2n) is 3.02. The number of hydrogen-bond acceptors (Lipinski definition) is 3. The highest BCUT2D eigenvalue weighted by atomic mass is 32.1. The Morgan fingerprint density at radius 2 is 2.20 bits per heavy atom. The Bertz CT molecular complexity index is 361. The Morgan fingerprint density at radius 1 is 1.60 bits per heavy atom. The van der Waals surface area contributed by atoms with Gasteiger partial charge in [0.25, 0.3) is 0 Å². The summed E-state index contributed by atoms with van der Waals surface area (Å²) in [5.41, 5.74) is 0.470. The number of rotatable bonds is 2. The molecule has 3 nitrogen and oxygen atoms in total. The number of carbonyl (C=O) groups excluding carboxylic acids is 1. The van der Waals surface area contributed by atoms with Gasteiger partial charge in [-0.1, -0.05) is 0 Å². The molecule has 84 valence electrons. The Hall–Kier alpha value is -1.11. The maximum Gasteiger partial charge on any atom is 0.471 e. The Morgan fingerprint density at radius 3 is 2.60 bits per heavy atom. The molecular formula is C8H9F3N2OS. The molecule has 1 aromatic heterocycles. The highest BCUT2D eigenvalue weighted by Crippen LogP contribution is 2.19. The molecule has 0 atom stereocenters. The van der Waals surface area contributed by atoms with Gasteiger partial charge in [0.05, 0.1) is 17.2 Å². The van der Waals surface area contributed by atoms with Gasteiger partial charge in [-0.05, 0) is 6.92 Å². The van der Waals surface area contributed by atoms with Crippen LogP contribution in [0.3, 0.4) is 0 Å². The SMILES string of the molecule is Cc1nc(CN(C)C(=O)C(F)(F)F)cs1. The van der Waals surface area contributed by atoms with Gasteiger partial charge in [-0.15, -0.1) is 11.3 Å². The van der Waals surface area contributed by atoms with Crippen LogP contribution in [0.2, 0.25) is 0 Å². The third kappa shape index (κ3) is 3.19. The molecular weight excluding hydrogens is 229 g/mol. The molecule has 0 saturated heterocycles. The number of nitrogens with zero attached hydrogens (tertiary/aromatic N) is 2. The number of halogens is 3. The summed E-state index contributed by atoms with van der Waals surface area (Å²) in [6.45, 7) is 1.63. The monoisotopic (exact) mass is 238 g/mol. The largest absolute Gasteiger partial charge is 0.471 e. The van der Waals surface area contributed by atoms with Crippen LogP contribution in [0.5, 0.6) is 0 Å². The molecule has 1 heterocycles. The van der Waals surface area contributed by atoms with E-state index < -0.39 is 12.1 Å². The normalized spacial score (nSPS) is 11.5. The highest BCUT2D eigenvalue weighted by Gasteiger charge is 2.41. The summed E-state index contributed by atoms with van der Waals surface area (Å²) in [5, 5.41) is 2.40. The topological polar surface area (TPSA) is 33.2 Å². The molecule has 0 spiro atoms. The van der Waals surface area contributed by atoms with Crippen LogP contribution in [0.25, 0.3) is 0 Å². The lowest BCUT2D eigenvalue weighted by Gasteiger charge is -2.17. The lowest BCUT2D eigenvalue weighted by Crippen LogP contribution is -2.38. The van der Waals surface area contributed by atoms with Crippen molar-refractivity contribution in [2.24, 2.45) is 0 Å². The predicted molar refractivity (Wildman–Crippen MR) is 49.4 cm³/mol. The fourth-order valence-electron chi connectivity index (χ4n) is 1.01. The molecule has 0 radical (unpaired) electrons. The summed E-state index contributed by atoms with van der Waals surface area (Å²) >= 11 is 1.34. The minimum absolute atomic E-state index is 0.122. The Labute approximate surface area is 88.5 Å². The Balaban J connectivity index is 2.64.